The number of rotatable bonds is 4. The molecule has 3 nitrogen and oxygen atoms in total. The van der Waals surface area contributed by atoms with E-state index in [9.17, 15) is 9.59 Å². The second-order valence-electron chi connectivity index (χ2n) is 5.79. The third kappa shape index (κ3) is 2.66. The molecule has 1 aliphatic carbocycles. The number of terminal acetylenes is 1. The third-order valence-electron chi connectivity index (χ3n) is 4.52. The van der Waals surface area contributed by atoms with E-state index in [4.69, 9.17) is 6.42 Å². The Kier molecular flexibility index (Phi) is 4.54. The van der Waals surface area contributed by atoms with Gasteiger partial charge in [0.15, 0.2) is 0 Å². The van der Waals surface area contributed by atoms with Crippen LogP contribution < -0.4 is 0 Å². The zero-order chi connectivity index (χ0) is 18.0. The van der Waals surface area contributed by atoms with Crippen LogP contribution in [0, 0.1) is 12.3 Å². The predicted octanol–water partition coefficient (Wildman–Crippen LogP) is 3.96. The first-order valence-electron chi connectivity index (χ1n) is 8.37. The number of allylic oxidation sites excluding steroid dienone is 2. The van der Waals surface area contributed by atoms with Crippen LogP contribution in [-0.4, -0.2) is 29.6 Å². The summed E-state index contributed by atoms with van der Waals surface area (Å²) in [5, 5.41) is 0. The zero-order valence-electron chi connectivity index (χ0n) is 14.4. The van der Waals surface area contributed by atoms with E-state index >= 15 is 0 Å². The fourth-order valence-corrected chi connectivity index (χ4v) is 3.29. The summed E-state index contributed by atoms with van der Waals surface area (Å²) in [5.41, 5.74) is 3.00. The van der Waals surface area contributed by atoms with Crippen molar-refractivity contribution >= 4 is 11.6 Å². The highest BCUT2D eigenvalue weighted by molar-refractivity contribution is 6.30. The van der Waals surface area contributed by atoms with Crippen molar-refractivity contribution in [3.05, 3.63) is 70.9 Å². The lowest BCUT2D eigenvalue weighted by Gasteiger charge is -2.29. The van der Waals surface area contributed by atoms with Crippen LogP contribution in [0.25, 0.3) is 11.1 Å². The van der Waals surface area contributed by atoms with Gasteiger partial charge in [0.25, 0.3) is 0 Å². The number of ketones is 2. The molecule has 0 aliphatic heterocycles. The number of fused-ring (bicyclic) bond motifs is 1. The van der Waals surface area contributed by atoms with Crippen LogP contribution >= 0.6 is 0 Å². The molecule has 0 saturated carbocycles. The molecule has 0 radical (unpaired) electrons. The lowest BCUT2D eigenvalue weighted by molar-refractivity contribution is 0.0948. The summed E-state index contributed by atoms with van der Waals surface area (Å²) in [4.78, 5) is 28.1. The molecule has 0 fully saturated rings. The molecular formula is C22H19NO2. The topological polar surface area (TPSA) is 37.4 Å². The lowest BCUT2D eigenvalue weighted by atomic mass is 9.82. The molecule has 0 N–H and O–H groups in total. The number of benzene rings is 2. The predicted molar refractivity (Wildman–Crippen MR) is 99.3 cm³/mol. The Hall–Kier alpha value is -3.12. The highest BCUT2D eigenvalue weighted by atomic mass is 16.1. The van der Waals surface area contributed by atoms with E-state index < -0.39 is 0 Å². The quantitative estimate of drug-likeness (QED) is 0.797. The number of carbonyl (C=O) groups excluding carboxylic acids is 2. The van der Waals surface area contributed by atoms with Gasteiger partial charge in [0.2, 0.25) is 11.6 Å². The van der Waals surface area contributed by atoms with Crippen LogP contribution in [0.15, 0.2) is 59.8 Å². The minimum absolute atomic E-state index is 0.159. The van der Waals surface area contributed by atoms with Crippen molar-refractivity contribution in [2.75, 3.05) is 13.1 Å². The van der Waals surface area contributed by atoms with Crippen molar-refractivity contribution in [2.45, 2.75) is 13.8 Å². The summed E-state index contributed by atoms with van der Waals surface area (Å²) in [6, 6.07) is 15.0. The Morgan fingerprint density at radius 1 is 0.880 bits per heavy atom. The molecule has 0 heterocycles. The van der Waals surface area contributed by atoms with Gasteiger partial charge >= 0.3 is 0 Å². The molecular weight excluding hydrogens is 310 g/mol. The average molecular weight is 329 g/mol. The van der Waals surface area contributed by atoms with E-state index in [1.165, 1.54) is 0 Å². The van der Waals surface area contributed by atoms with Crippen LogP contribution in [0.5, 0.6) is 0 Å². The van der Waals surface area contributed by atoms with E-state index in [1.807, 2.05) is 55.1 Å². The summed E-state index contributed by atoms with van der Waals surface area (Å²) in [7, 11) is 0. The van der Waals surface area contributed by atoms with Crippen molar-refractivity contribution in [3.63, 3.8) is 0 Å². The second kappa shape index (κ2) is 6.78. The van der Waals surface area contributed by atoms with E-state index in [2.05, 4.69) is 5.92 Å². The van der Waals surface area contributed by atoms with Gasteiger partial charge in [0.1, 0.15) is 5.70 Å². The fraction of sp³-hybridized carbons (Fsp3) is 0.182. The molecule has 0 spiro atoms. The number of nitrogens with zero attached hydrogens (tertiary/aromatic N) is 1. The molecule has 0 amide bonds. The summed E-state index contributed by atoms with van der Waals surface area (Å²) < 4.78 is 0. The van der Waals surface area contributed by atoms with Crippen LogP contribution in [0.4, 0.5) is 0 Å². The Balaban J connectivity index is 2.28. The minimum atomic E-state index is -0.253. The third-order valence-corrected chi connectivity index (χ3v) is 4.52. The molecule has 0 atom stereocenters. The second-order valence-corrected chi connectivity index (χ2v) is 5.79. The number of Topliss-reactive ketones (excluding diaryl/α,β-unsaturated/α-hetero) is 2. The molecule has 25 heavy (non-hydrogen) atoms. The molecule has 0 saturated heterocycles. The van der Waals surface area contributed by atoms with Gasteiger partial charge in [-0.2, -0.15) is 0 Å². The zero-order valence-corrected chi connectivity index (χ0v) is 14.4. The van der Waals surface area contributed by atoms with Gasteiger partial charge in [-0.3, -0.25) is 9.59 Å². The largest absolute Gasteiger partial charge is 0.368 e. The summed E-state index contributed by atoms with van der Waals surface area (Å²) >= 11 is 0. The monoisotopic (exact) mass is 329 g/mol. The molecule has 0 bridgehead atoms. The number of hydrogen-bond donors (Lipinski definition) is 0. The van der Waals surface area contributed by atoms with Gasteiger partial charge in [-0.05, 0) is 25.0 Å². The van der Waals surface area contributed by atoms with Gasteiger partial charge in [0, 0.05) is 24.2 Å². The van der Waals surface area contributed by atoms with Crippen LogP contribution in [0.2, 0.25) is 0 Å². The SMILES string of the molecule is C#CC1=C(N(CC)CC)C(=O)c2c(cccc2-c2ccccc2)C1=O. The van der Waals surface area contributed by atoms with Crippen LogP contribution in [0.3, 0.4) is 0 Å². The Morgan fingerprint density at radius 3 is 2.12 bits per heavy atom. The molecule has 3 rings (SSSR count). The molecule has 0 unspecified atom stereocenters. The first kappa shape index (κ1) is 16.7. The molecule has 2 aromatic carbocycles. The van der Waals surface area contributed by atoms with Crippen molar-refractivity contribution < 1.29 is 9.59 Å². The van der Waals surface area contributed by atoms with Crippen LogP contribution in [-0.2, 0) is 0 Å². The van der Waals surface area contributed by atoms with Crippen LogP contribution in [0.1, 0.15) is 34.6 Å². The van der Waals surface area contributed by atoms with Gasteiger partial charge in [0.05, 0.1) is 5.57 Å². The lowest BCUT2D eigenvalue weighted by Crippen LogP contribution is -2.34. The van der Waals surface area contributed by atoms with E-state index in [-0.39, 0.29) is 17.1 Å². The number of carbonyl (C=O) groups is 2. The summed E-state index contributed by atoms with van der Waals surface area (Å²) in [6.07, 6.45) is 5.59. The van der Waals surface area contributed by atoms with Crippen molar-refractivity contribution in [2.24, 2.45) is 0 Å². The number of hydrogen-bond acceptors (Lipinski definition) is 3. The minimum Gasteiger partial charge on any atom is -0.368 e. The van der Waals surface area contributed by atoms with E-state index in [0.29, 0.717) is 29.9 Å². The maximum absolute atomic E-state index is 13.3. The molecule has 2 aromatic rings. The first-order chi connectivity index (χ1) is 12.1. The maximum Gasteiger partial charge on any atom is 0.211 e. The van der Waals surface area contributed by atoms with Crippen molar-refractivity contribution in [1.82, 2.24) is 4.90 Å². The molecule has 1 aliphatic rings. The standard InChI is InChI=1S/C22H19NO2/c1-4-16-20(23(5-2)6-3)22(25)19-17(15-11-8-7-9-12-15)13-10-14-18(19)21(16)24/h1,7-14H,5-6H2,2-3H3. The number of likely N-dealkylation sites (N-methyl/N-ethyl adjacent to an activating group) is 1. The highest BCUT2D eigenvalue weighted by Crippen LogP contribution is 2.34. The van der Waals surface area contributed by atoms with E-state index in [0.717, 1.165) is 11.1 Å². The maximum atomic E-state index is 13.3. The normalized spacial score (nSPS) is 13.5. The van der Waals surface area contributed by atoms with Gasteiger partial charge in [-0.15, -0.1) is 6.42 Å². The highest BCUT2D eigenvalue weighted by Gasteiger charge is 2.35. The van der Waals surface area contributed by atoms with Crippen molar-refractivity contribution in [1.29, 1.82) is 0 Å². The smallest absolute Gasteiger partial charge is 0.211 e. The Bertz CT molecular complexity index is 913. The first-order valence-corrected chi connectivity index (χ1v) is 8.37. The summed E-state index contributed by atoms with van der Waals surface area (Å²) in [6.45, 7) is 5.11. The van der Waals surface area contributed by atoms with Gasteiger partial charge in [-0.25, -0.2) is 0 Å². The Labute approximate surface area is 148 Å². The average Bonchev–Trinajstić information content (AvgIpc) is 2.66. The summed E-state index contributed by atoms with van der Waals surface area (Å²) in [5.74, 6) is 2.02. The molecule has 124 valence electrons. The van der Waals surface area contributed by atoms with Gasteiger partial charge < -0.3 is 4.90 Å². The van der Waals surface area contributed by atoms with Gasteiger partial charge in [-0.1, -0.05) is 54.5 Å². The van der Waals surface area contributed by atoms with E-state index in [1.54, 1.807) is 12.1 Å². The fourth-order valence-electron chi connectivity index (χ4n) is 3.29. The molecule has 3 heteroatoms. The van der Waals surface area contributed by atoms with Crippen molar-refractivity contribution in [3.8, 4) is 23.5 Å². The Morgan fingerprint density at radius 2 is 1.52 bits per heavy atom. The molecule has 0 aromatic heterocycles.